The van der Waals surface area contributed by atoms with Crippen molar-refractivity contribution in [3.05, 3.63) is 75.8 Å². The summed E-state index contributed by atoms with van der Waals surface area (Å²) in [5, 5.41) is 14.1. The zero-order chi connectivity index (χ0) is 22.6. The average molecular weight is 490 g/mol. The zero-order valence-corrected chi connectivity index (χ0v) is 20.0. The molecule has 32 heavy (non-hydrogen) atoms. The fraction of sp³-hybridized carbons (Fsp3) is 0.185. The van der Waals surface area contributed by atoms with Crippen molar-refractivity contribution in [2.24, 2.45) is 0 Å². The molecule has 3 aromatic carbocycles. The number of nitrogens with one attached hydrogen (secondary N) is 1. The molecule has 3 aromatic rings. The highest BCUT2D eigenvalue weighted by Crippen LogP contribution is 2.54. The van der Waals surface area contributed by atoms with E-state index in [4.69, 9.17) is 9.47 Å². The van der Waals surface area contributed by atoms with Crippen molar-refractivity contribution in [3.63, 3.8) is 0 Å². The summed E-state index contributed by atoms with van der Waals surface area (Å²) in [5.74, 6) is 1.90. The first-order valence-corrected chi connectivity index (χ1v) is 11.3. The molecule has 5 heteroatoms. The quantitative estimate of drug-likeness (QED) is 0.395. The Kier molecular flexibility index (Phi) is 4.82. The summed E-state index contributed by atoms with van der Waals surface area (Å²) >= 11 is 3.65. The Bertz CT molecular complexity index is 1320. The van der Waals surface area contributed by atoms with Crippen LogP contribution in [0.3, 0.4) is 0 Å². The normalized spacial score (nSPS) is 16.8. The number of phenols is 1. The number of hydrogen-bond acceptors (Lipinski definition) is 4. The van der Waals surface area contributed by atoms with Crippen molar-refractivity contribution in [2.45, 2.75) is 26.3 Å². The summed E-state index contributed by atoms with van der Waals surface area (Å²) in [6.07, 6.45) is 4.29. The Morgan fingerprint density at radius 2 is 1.81 bits per heavy atom. The van der Waals surface area contributed by atoms with Crippen LogP contribution in [0.15, 0.2) is 59.1 Å². The van der Waals surface area contributed by atoms with Gasteiger partial charge in [0.1, 0.15) is 11.5 Å². The highest BCUT2D eigenvalue weighted by Gasteiger charge is 2.33. The number of rotatable bonds is 2. The number of methoxy groups -OCH3 is 1. The van der Waals surface area contributed by atoms with Crippen molar-refractivity contribution < 1.29 is 14.6 Å². The summed E-state index contributed by atoms with van der Waals surface area (Å²) < 4.78 is 13.1. The molecule has 2 aliphatic rings. The highest BCUT2D eigenvalue weighted by atomic mass is 79.9. The number of fused-ring (bicyclic) bond motifs is 5. The van der Waals surface area contributed by atoms with Crippen LogP contribution in [0.1, 0.15) is 37.5 Å². The van der Waals surface area contributed by atoms with Gasteiger partial charge in [0.05, 0.1) is 18.2 Å². The predicted octanol–water partition coefficient (Wildman–Crippen LogP) is 7.33. The molecule has 2 heterocycles. The van der Waals surface area contributed by atoms with Gasteiger partial charge in [0, 0.05) is 26.9 Å². The van der Waals surface area contributed by atoms with E-state index in [9.17, 15) is 5.11 Å². The molecular formula is C27H24BrNO3. The third-order valence-electron chi connectivity index (χ3n) is 5.86. The Morgan fingerprint density at radius 3 is 2.56 bits per heavy atom. The van der Waals surface area contributed by atoms with E-state index in [2.05, 4.69) is 66.3 Å². The number of ether oxygens (including phenoxy) is 2. The van der Waals surface area contributed by atoms with E-state index >= 15 is 0 Å². The SMILES string of the molecule is COc1c(O)ccc2c1-c1ccc3c(c1C(=Cc1ccccc1Br)O2)C(C)=CC(C)(C)N3. The van der Waals surface area contributed by atoms with E-state index < -0.39 is 0 Å². The van der Waals surface area contributed by atoms with Crippen LogP contribution >= 0.6 is 15.9 Å². The summed E-state index contributed by atoms with van der Waals surface area (Å²) in [6.45, 7) is 6.44. The van der Waals surface area contributed by atoms with Gasteiger partial charge in [-0.2, -0.15) is 0 Å². The maximum Gasteiger partial charge on any atom is 0.172 e. The molecule has 0 spiro atoms. The predicted molar refractivity (Wildman–Crippen MR) is 134 cm³/mol. The topological polar surface area (TPSA) is 50.7 Å². The fourth-order valence-corrected chi connectivity index (χ4v) is 5.08. The van der Waals surface area contributed by atoms with Crippen LogP contribution < -0.4 is 14.8 Å². The lowest BCUT2D eigenvalue weighted by molar-refractivity contribution is 0.371. The minimum Gasteiger partial charge on any atom is -0.504 e. The van der Waals surface area contributed by atoms with Gasteiger partial charge in [-0.25, -0.2) is 0 Å². The largest absolute Gasteiger partial charge is 0.504 e. The van der Waals surface area contributed by atoms with Crippen molar-refractivity contribution in [1.29, 1.82) is 0 Å². The van der Waals surface area contributed by atoms with Gasteiger partial charge in [-0.05, 0) is 62.2 Å². The van der Waals surface area contributed by atoms with Crippen molar-refractivity contribution in [2.75, 3.05) is 12.4 Å². The van der Waals surface area contributed by atoms with E-state index in [-0.39, 0.29) is 11.3 Å². The summed E-state index contributed by atoms with van der Waals surface area (Å²) in [4.78, 5) is 0. The molecule has 2 aliphatic heterocycles. The van der Waals surface area contributed by atoms with E-state index in [1.807, 2.05) is 24.3 Å². The molecule has 2 N–H and O–H groups in total. The minimum absolute atomic E-state index is 0.0864. The molecule has 0 aliphatic carbocycles. The maximum atomic E-state index is 10.5. The fourth-order valence-electron chi connectivity index (χ4n) is 4.68. The van der Waals surface area contributed by atoms with Gasteiger partial charge in [0.25, 0.3) is 0 Å². The van der Waals surface area contributed by atoms with Gasteiger partial charge in [-0.1, -0.05) is 46.3 Å². The number of benzene rings is 3. The van der Waals surface area contributed by atoms with E-state index in [1.54, 1.807) is 19.2 Å². The minimum atomic E-state index is -0.152. The maximum absolute atomic E-state index is 10.5. The van der Waals surface area contributed by atoms with Crippen LogP contribution in [0.5, 0.6) is 17.2 Å². The molecule has 5 rings (SSSR count). The molecule has 0 saturated carbocycles. The smallest absolute Gasteiger partial charge is 0.172 e. The average Bonchev–Trinajstić information content (AvgIpc) is 2.74. The summed E-state index contributed by atoms with van der Waals surface area (Å²) in [6, 6.07) is 15.6. The van der Waals surface area contributed by atoms with Gasteiger partial charge >= 0.3 is 0 Å². The Balaban J connectivity index is 1.85. The number of halogens is 1. The van der Waals surface area contributed by atoms with Gasteiger partial charge in [0.2, 0.25) is 0 Å². The van der Waals surface area contributed by atoms with Crippen LogP contribution in [0.25, 0.3) is 28.5 Å². The van der Waals surface area contributed by atoms with Crippen LogP contribution in [0.2, 0.25) is 0 Å². The molecule has 0 bridgehead atoms. The van der Waals surface area contributed by atoms with Crippen molar-refractivity contribution >= 4 is 39.0 Å². The van der Waals surface area contributed by atoms with Crippen molar-refractivity contribution in [3.8, 4) is 28.4 Å². The van der Waals surface area contributed by atoms with Gasteiger partial charge < -0.3 is 19.9 Å². The van der Waals surface area contributed by atoms with Gasteiger partial charge in [0.15, 0.2) is 11.5 Å². The van der Waals surface area contributed by atoms with Crippen LogP contribution in [-0.2, 0) is 0 Å². The third-order valence-corrected chi connectivity index (χ3v) is 6.59. The molecule has 0 amide bonds. The monoisotopic (exact) mass is 489 g/mol. The second kappa shape index (κ2) is 7.45. The Morgan fingerprint density at radius 1 is 1.03 bits per heavy atom. The molecule has 0 fully saturated rings. The molecule has 0 saturated heterocycles. The van der Waals surface area contributed by atoms with Crippen molar-refractivity contribution in [1.82, 2.24) is 0 Å². The Labute approximate surface area is 196 Å². The second-order valence-corrected chi connectivity index (χ2v) is 9.56. The number of aromatic hydroxyl groups is 1. The first-order valence-electron chi connectivity index (χ1n) is 10.5. The summed E-state index contributed by atoms with van der Waals surface area (Å²) in [5.41, 5.74) is 6.88. The lowest BCUT2D eigenvalue weighted by Gasteiger charge is -2.35. The van der Waals surface area contributed by atoms with Gasteiger partial charge in [-0.15, -0.1) is 0 Å². The second-order valence-electron chi connectivity index (χ2n) is 8.71. The van der Waals surface area contributed by atoms with Crippen LogP contribution in [0.4, 0.5) is 5.69 Å². The number of anilines is 1. The first-order chi connectivity index (χ1) is 15.3. The van der Waals surface area contributed by atoms with Crippen LogP contribution in [0, 0.1) is 0 Å². The van der Waals surface area contributed by atoms with Crippen LogP contribution in [-0.4, -0.2) is 17.8 Å². The third kappa shape index (κ3) is 3.28. The first kappa shape index (κ1) is 20.7. The van der Waals surface area contributed by atoms with Gasteiger partial charge in [-0.3, -0.25) is 0 Å². The van der Waals surface area contributed by atoms with E-state index in [0.717, 1.165) is 43.7 Å². The molecule has 0 aromatic heterocycles. The molecule has 4 nitrogen and oxygen atoms in total. The number of hydrogen-bond donors (Lipinski definition) is 2. The number of phenolic OH excluding ortho intramolecular Hbond substituents is 1. The molecule has 0 radical (unpaired) electrons. The lowest BCUT2D eigenvalue weighted by atomic mass is 9.83. The molecular weight excluding hydrogens is 466 g/mol. The highest BCUT2D eigenvalue weighted by molar-refractivity contribution is 9.10. The van der Waals surface area contributed by atoms with E-state index in [1.165, 1.54) is 5.57 Å². The zero-order valence-electron chi connectivity index (χ0n) is 18.4. The number of allylic oxidation sites excluding steroid dienone is 1. The van der Waals surface area contributed by atoms with E-state index in [0.29, 0.717) is 11.5 Å². The molecule has 0 atom stereocenters. The summed E-state index contributed by atoms with van der Waals surface area (Å²) in [7, 11) is 1.56. The molecule has 0 unspecified atom stereocenters. The lowest BCUT2D eigenvalue weighted by Crippen LogP contribution is -2.32. The Hall–Kier alpha value is -3.18. The molecule has 162 valence electrons. The standard InChI is InChI=1S/C27H24BrNO3/c1-15-14-27(2,3)29-19-10-9-17-24(23(15)19)22(13-16-7-5-6-8-18(16)28)32-21-12-11-20(30)26(31-4)25(17)21/h5-14,29-30H,1-4H3.